The second-order valence-corrected chi connectivity index (χ2v) is 8.34. The lowest BCUT2D eigenvalue weighted by molar-refractivity contribution is -0.137. The van der Waals surface area contributed by atoms with Gasteiger partial charge in [0.05, 0.1) is 18.6 Å². The zero-order chi connectivity index (χ0) is 24.0. The Kier molecular flexibility index (Phi) is 5.62. The molecule has 2 amide bonds. The number of likely N-dealkylation sites (N-methyl/N-ethyl adjacent to an activating group) is 1. The minimum absolute atomic E-state index is 0.0188. The zero-order valence-corrected chi connectivity index (χ0v) is 18.4. The summed E-state index contributed by atoms with van der Waals surface area (Å²) in [5, 5.41) is 2.64. The lowest BCUT2D eigenvalue weighted by Crippen LogP contribution is -2.55. The fraction of sp³-hybridized carbons (Fsp3) is 0.304. The molecule has 0 radical (unpaired) electrons. The molecule has 0 unspecified atom stereocenters. The summed E-state index contributed by atoms with van der Waals surface area (Å²) < 4.78 is 40.5. The number of nitrogens with zero attached hydrogens (tertiary/aromatic N) is 3. The van der Waals surface area contributed by atoms with Gasteiger partial charge in [0.1, 0.15) is 5.54 Å². The lowest BCUT2D eigenvalue weighted by atomic mass is 9.75. The summed E-state index contributed by atoms with van der Waals surface area (Å²) in [4.78, 5) is 30.9. The Bertz CT molecular complexity index is 1180. The first kappa shape index (κ1) is 22.7. The summed E-state index contributed by atoms with van der Waals surface area (Å²) in [7, 11) is 1.55. The van der Waals surface area contributed by atoms with E-state index >= 15 is 0 Å². The van der Waals surface area contributed by atoms with Gasteiger partial charge in [0.15, 0.2) is 10.8 Å². The summed E-state index contributed by atoms with van der Waals surface area (Å²) in [5.74, 6) is -0.517. The number of benzene rings is 2. The van der Waals surface area contributed by atoms with Crippen LogP contribution in [0.15, 0.2) is 42.5 Å². The van der Waals surface area contributed by atoms with E-state index < -0.39 is 23.0 Å². The molecular formula is C23H19F3N4O2S. The lowest BCUT2D eigenvalue weighted by Gasteiger charge is -2.43. The molecule has 1 N–H and O–H groups in total. The van der Waals surface area contributed by atoms with E-state index in [2.05, 4.69) is 10.2 Å². The zero-order valence-electron chi connectivity index (χ0n) is 17.6. The Hall–Kier alpha value is -3.45. The molecule has 1 heterocycles. The Morgan fingerprint density at radius 1 is 1.18 bits per heavy atom. The molecule has 1 saturated heterocycles. The Balaban J connectivity index is 1.73. The largest absolute Gasteiger partial charge is 0.407 e. The molecule has 10 heteroatoms. The van der Waals surface area contributed by atoms with Gasteiger partial charge < -0.3 is 10.2 Å². The van der Waals surface area contributed by atoms with Gasteiger partial charge >= 0.3 is 6.18 Å². The number of anilines is 2. The van der Waals surface area contributed by atoms with E-state index in [-0.39, 0.29) is 29.0 Å². The van der Waals surface area contributed by atoms with Crippen molar-refractivity contribution in [1.82, 2.24) is 5.32 Å². The molecule has 2 aliphatic rings. The van der Waals surface area contributed by atoms with Gasteiger partial charge in [-0.15, -0.1) is 0 Å². The number of hydrogen-bond acceptors (Lipinski definition) is 3. The first-order chi connectivity index (χ1) is 15.6. The Morgan fingerprint density at radius 2 is 1.82 bits per heavy atom. The number of nitrogens with one attached hydrogen (secondary N) is 1. The monoisotopic (exact) mass is 472 g/mol. The first-order valence-electron chi connectivity index (χ1n) is 10.2. The van der Waals surface area contributed by atoms with E-state index in [1.807, 2.05) is 0 Å². The van der Waals surface area contributed by atoms with Gasteiger partial charge in [-0.2, -0.15) is 13.2 Å². The first-order valence-corrected chi connectivity index (χ1v) is 10.6. The van der Waals surface area contributed by atoms with Crippen molar-refractivity contribution >= 4 is 46.2 Å². The van der Waals surface area contributed by atoms with E-state index in [1.165, 1.54) is 6.07 Å². The van der Waals surface area contributed by atoms with Crippen LogP contribution >= 0.6 is 12.2 Å². The fourth-order valence-electron chi connectivity index (χ4n) is 4.23. The number of halogens is 3. The molecule has 1 aliphatic carbocycles. The molecule has 6 nitrogen and oxygen atoms in total. The average Bonchev–Trinajstić information content (AvgIpc) is 3.00. The van der Waals surface area contributed by atoms with Crippen molar-refractivity contribution in [3.63, 3.8) is 0 Å². The van der Waals surface area contributed by atoms with E-state index in [0.29, 0.717) is 18.5 Å². The number of amides is 2. The van der Waals surface area contributed by atoms with Gasteiger partial charge in [-0.05, 0) is 61.3 Å². The topological polar surface area (TPSA) is 57.0 Å². The molecule has 170 valence electrons. The molecule has 0 aromatic heterocycles. The third-order valence-corrected chi connectivity index (χ3v) is 6.46. The van der Waals surface area contributed by atoms with Crippen molar-refractivity contribution in [3.8, 4) is 0 Å². The van der Waals surface area contributed by atoms with Crippen molar-refractivity contribution in [3.05, 3.63) is 65.0 Å². The Labute approximate surface area is 193 Å². The molecule has 1 aliphatic heterocycles. The smallest absolute Gasteiger partial charge is 0.359 e. The highest BCUT2D eigenvalue weighted by Gasteiger charge is 2.59. The van der Waals surface area contributed by atoms with Crippen LogP contribution < -0.4 is 15.1 Å². The quantitative estimate of drug-likeness (QED) is 0.522. The maximum absolute atomic E-state index is 13.5. The number of thiocarbonyl (C=S) groups is 1. The van der Waals surface area contributed by atoms with Crippen molar-refractivity contribution in [2.24, 2.45) is 0 Å². The van der Waals surface area contributed by atoms with Gasteiger partial charge in [0.2, 0.25) is 5.91 Å². The van der Waals surface area contributed by atoms with Crippen LogP contribution in [0.3, 0.4) is 0 Å². The SMILES string of the molecule is [C-]#[N+]c1ccc(N2C(=O)C3(CCC3)N(c3ccc(CC(=O)NC)cc3)C2=S)cc1C(F)(F)F. The third-order valence-electron chi connectivity index (χ3n) is 6.09. The summed E-state index contributed by atoms with van der Waals surface area (Å²) in [5.41, 5.74) is -1.20. The van der Waals surface area contributed by atoms with Crippen molar-refractivity contribution < 1.29 is 22.8 Å². The highest BCUT2D eigenvalue weighted by molar-refractivity contribution is 7.81. The van der Waals surface area contributed by atoms with Crippen molar-refractivity contribution in [2.75, 3.05) is 16.8 Å². The number of alkyl halides is 3. The molecule has 33 heavy (non-hydrogen) atoms. The van der Waals surface area contributed by atoms with Gasteiger partial charge in [0, 0.05) is 18.4 Å². The van der Waals surface area contributed by atoms with Crippen LogP contribution in [0.4, 0.5) is 30.2 Å². The molecule has 1 saturated carbocycles. The van der Waals surface area contributed by atoms with Gasteiger partial charge in [-0.1, -0.05) is 18.2 Å². The molecule has 2 aromatic carbocycles. The van der Waals surface area contributed by atoms with E-state index in [9.17, 15) is 22.8 Å². The maximum Gasteiger partial charge on any atom is 0.407 e. The predicted octanol–water partition coefficient (Wildman–Crippen LogP) is 4.61. The third kappa shape index (κ3) is 3.72. The maximum atomic E-state index is 13.5. The van der Waals surface area contributed by atoms with Crippen LogP contribution in [0, 0.1) is 6.57 Å². The fourth-order valence-corrected chi connectivity index (χ4v) is 4.70. The van der Waals surface area contributed by atoms with Gasteiger partial charge in [0.25, 0.3) is 5.91 Å². The highest BCUT2D eigenvalue weighted by Crippen LogP contribution is 2.48. The van der Waals surface area contributed by atoms with Gasteiger partial charge in [-0.3, -0.25) is 14.5 Å². The second kappa shape index (κ2) is 8.15. The Morgan fingerprint density at radius 3 is 2.33 bits per heavy atom. The van der Waals surface area contributed by atoms with Crippen LogP contribution in [0.5, 0.6) is 0 Å². The molecule has 0 atom stereocenters. The predicted molar refractivity (Wildman–Crippen MR) is 121 cm³/mol. The van der Waals surface area contributed by atoms with Crippen molar-refractivity contribution in [2.45, 2.75) is 37.4 Å². The molecular weight excluding hydrogens is 453 g/mol. The summed E-state index contributed by atoms with van der Waals surface area (Å²) in [6.07, 6.45) is -2.71. The minimum Gasteiger partial charge on any atom is -0.359 e. The summed E-state index contributed by atoms with van der Waals surface area (Å²) in [6, 6.07) is 10.2. The van der Waals surface area contributed by atoms with Crippen LogP contribution in [0.25, 0.3) is 4.85 Å². The normalized spacial score (nSPS) is 17.2. The second-order valence-electron chi connectivity index (χ2n) is 7.97. The van der Waals surface area contributed by atoms with Gasteiger partial charge in [-0.25, -0.2) is 4.85 Å². The minimum atomic E-state index is -4.74. The van der Waals surface area contributed by atoms with Crippen LogP contribution in [-0.4, -0.2) is 29.5 Å². The number of carbonyl (C=O) groups is 2. The molecule has 1 spiro atoms. The number of hydrogen-bond donors (Lipinski definition) is 1. The average molecular weight is 472 g/mol. The summed E-state index contributed by atoms with van der Waals surface area (Å²) in [6.45, 7) is 7.03. The molecule has 0 bridgehead atoms. The van der Waals surface area contributed by atoms with E-state index in [1.54, 1.807) is 36.2 Å². The van der Waals surface area contributed by atoms with E-state index in [0.717, 1.165) is 29.0 Å². The molecule has 2 aromatic rings. The number of carbonyl (C=O) groups excluding carboxylic acids is 2. The number of rotatable bonds is 4. The van der Waals surface area contributed by atoms with Crippen LogP contribution in [0.2, 0.25) is 0 Å². The van der Waals surface area contributed by atoms with Crippen LogP contribution in [0.1, 0.15) is 30.4 Å². The molecule has 4 rings (SSSR count). The van der Waals surface area contributed by atoms with Crippen molar-refractivity contribution in [1.29, 1.82) is 0 Å². The molecule has 2 fully saturated rings. The van der Waals surface area contributed by atoms with Crippen LogP contribution in [-0.2, 0) is 22.2 Å². The highest BCUT2D eigenvalue weighted by atomic mass is 32.1. The van der Waals surface area contributed by atoms with E-state index in [4.69, 9.17) is 18.8 Å². The summed E-state index contributed by atoms with van der Waals surface area (Å²) >= 11 is 5.60. The standard InChI is InChI=1S/C23H19F3N4O2S/c1-27-18-9-8-16(13-17(18)23(24,25)26)29-20(32)22(10-3-11-22)30(21(29)33)15-6-4-14(5-7-15)12-19(31)28-2/h4-9,13H,3,10-12H2,2H3,(H,28,31).